The molecule has 0 saturated carbocycles. The van der Waals surface area contributed by atoms with Gasteiger partial charge < -0.3 is 11.1 Å². The Kier molecular flexibility index (Phi) is 6.75. The Morgan fingerprint density at radius 3 is 2.79 bits per heavy atom. The largest absolute Gasteiger partial charge is 0.369 e. The molecule has 3 N–H and O–H groups in total. The topological polar surface area (TPSA) is 75.4 Å². The normalized spacial score (nSPS) is 16.6. The fourth-order valence-corrected chi connectivity index (χ4v) is 2.86. The number of nitrogens with one attached hydrogen (secondary N) is 1. The van der Waals surface area contributed by atoms with Crippen molar-refractivity contribution >= 4 is 17.9 Å². The highest BCUT2D eigenvalue weighted by atomic mass is 16.2. The number of rotatable bonds is 7. The summed E-state index contributed by atoms with van der Waals surface area (Å²) >= 11 is 0. The Labute approximate surface area is 143 Å². The molecule has 0 saturated heterocycles. The number of hydrogen-bond donors (Lipinski definition) is 2. The molecule has 1 atom stereocenters. The lowest BCUT2D eigenvalue weighted by molar-refractivity contribution is -0.119. The van der Waals surface area contributed by atoms with Crippen molar-refractivity contribution in [1.29, 1.82) is 0 Å². The van der Waals surface area contributed by atoms with Crippen LogP contribution in [-0.4, -0.2) is 42.4 Å². The van der Waals surface area contributed by atoms with Gasteiger partial charge in [0.1, 0.15) is 0 Å². The first kappa shape index (κ1) is 17.9. The lowest BCUT2D eigenvalue weighted by Crippen LogP contribution is -2.39. The van der Waals surface area contributed by atoms with E-state index >= 15 is 0 Å². The number of nitrogens with zero attached hydrogens (tertiary/aromatic N) is 1. The minimum Gasteiger partial charge on any atom is -0.369 e. The van der Waals surface area contributed by atoms with Crippen molar-refractivity contribution in [3.63, 3.8) is 0 Å². The number of hydrogen-bond acceptors (Lipinski definition) is 3. The third-order valence-corrected chi connectivity index (χ3v) is 3.87. The van der Waals surface area contributed by atoms with Crippen LogP contribution in [0.5, 0.6) is 0 Å². The average Bonchev–Trinajstić information content (AvgIpc) is 2.53. The molecule has 1 aromatic carbocycles. The molecule has 5 nitrogen and oxygen atoms in total. The summed E-state index contributed by atoms with van der Waals surface area (Å²) in [7, 11) is 0. The fraction of sp³-hybridized carbons (Fsp3) is 0.368. The zero-order chi connectivity index (χ0) is 17.4. The lowest BCUT2D eigenvalue weighted by Gasteiger charge is -2.27. The number of carbonyl (C=O) groups is 2. The van der Waals surface area contributed by atoms with Gasteiger partial charge in [-0.25, -0.2) is 0 Å². The molecule has 5 heteroatoms. The molecule has 1 aliphatic rings. The van der Waals surface area contributed by atoms with Crippen molar-refractivity contribution in [2.45, 2.75) is 25.8 Å². The molecule has 0 aliphatic carbocycles. The van der Waals surface area contributed by atoms with Gasteiger partial charge >= 0.3 is 0 Å². The molecule has 1 heterocycles. The van der Waals surface area contributed by atoms with Crippen LogP contribution < -0.4 is 11.1 Å². The fourth-order valence-electron chi connectivity index (χ4n) is 2.86. The van der Waals surface area contributed by atoms with Crippen molar-refractivity contribution in [3.05, 3.63) is 53.6 Å². The summed E-state index contributed by atoms with van der Waals surface area (Å²) in [5, 5.41) is 2.98. The molecule has 0 aromatic heterocycles. The van der Waals surface area contributed by atoms with E-state index in [2.05, 4.69) is 11.4 Å². The SMILES string of the molecule is CC(CC1=CCCN(CC(N)=O)C1)NC(=O)C=Cc1ccccc1. The summed E-state index contributed by atoms with van der Waals surface area (Å²) in [6.45, 7) is 3.87. The summed E-state index contributed by atoms with van der Waals surface area (Å²) in [6, 6.07) is 9.76. The molecule has 0 spiro atoms. The van der Waals surface area contributed by atoms with Crippen LogP contribution in [-0.2, 0) is 9.59 Å². The van der Waals surface area contributed by atoms with Crippen LogP contribution in [0.4, 0.5) is 0 Å². The van der Waals surface area contributed by atoms with Gasteiger partial charge in [0.15, 0.2) is 0 Å². The van der Waals surface area contributed by atoms with Crippen LogP contribution in [0.2, 0.25) is 0 Å². The van der Waals surface area contributed by atoms with Crippen LogP contribution >= 0.6 is 0 Å². The highest BCUT2D eigenvalue weighted by Gasteiger charge is 2.16. The van der Waals surface area contributed by atoms with Gasteiger partial charge in [-0.1, -0.05) is 42.0 Å². The molecular weight excluding hydrogens is 302 g/mol. The maximum atomic E-state index is 12.0. The average molecular weight is 327 g/mol. The molecule has 0 radical (unpaired) electrons. The van der Waals surface area contributed by atoms with Crippen LogP contribution in [0.3, 0.4) is 0 Å². The van der Waals surface area contributed by atoms with Gasteiger partial charge in [0.25, 0.3) is 0 Å². The van der Waals surface area contributed by atoms with Crippen LogP contribution in [0.15, 0.2) is 48.1 Å². The first-order valence-electron chi connectivity index (χ1n) is 8.25. The maximum absolute atomic E-state index is 12.0. The second-order valence-corrected chi connectivity index (χ2v) is 6.19. The molecule has 128 valence electrons. The van der Waals surface area contributed by atoms with E-state index in [-0.39, 0.29) is 24.4 Å². The molecule has 1 unspecified atom stereocenters. The van der Waals surface area contributed by atoms with Crippen molar-refractivity contribution < 1.29 is 9.59 Å². The van der Waals surface area contributed by atoms with E-state index in [0.29, 0.717) is 0 Å². The number of carbonyl (C=O) groups excluding carboxylic acids is 2. The number of benzene rings is 1. The summed E-state index contributed by atoms with van der Waals surface area (Å²) < 4.78 is 0. The van der Waals surface area contributed by atoms with Gasteiger partial charge in [-0.15, -0.1) is 0 Å². The van der Waals surface area contributed by atoms with Crippen molar-refractivity contribution in [2.24, 2.45) is 5.73 Å². The molecule has 0 fully saturated rings. The zero-order valence-electron chi connectivity index (χ0n) is 14.1. The summed E-state index contributed by atoms with van der Waals surface area (Å²) in [4.78, 5) is 25.1. The number of amides is 2. The Morgan fingerprint density at radius 2 is 2.08 bits per heavy atom. The van der Waals surface area contributed by atoms with E-state index in [1.807, 2.05) is 42.2 Å². The van der Waals surface area contributed by atoms with Crippen LogP contribution in [0.25, 0.3) is 6.08 Å². The Morgan fingerprint density at radius 1 is 1.33 bits per heavy atom. The van der Waals surface area contributed by atoms with E-state index in [1.165, 1.54) is 5.57 Å². The number of primary amides is 1. The van der Waals surface area contributed by atoms with Gasteiger partial charge in [-0.2, -0.15) is 0 Å². The molecule has 24 heavy (non-hydrogen) atoms. The van der Waals surface area contributed by atoms with Crippen molar-refractivity contribution in [3.8, 4) is 0 Å². The first-order valence-corrected chi connectivity index (χ1v) is 8.25. The quantitative estimate of drug-likeness (QED) is 0.591. The van der Waals surface area contributed by atoms with E-state index in [4.69, 9.17) is 5.73 Å². The predicted octanol–water partition coefficient (Wildman–Crippen LogP) is 1.71. The maximum Gasteiger partial charge on any atom is 0.244 e. The predicted molar refractivity (Wildman–Crippen MR) is 96.0 cm³/mol. The lowest BCUT2D eigenvalue weighted by atomic mass is 10.0. The van der Waals surface area contributed by atoms with Gasteiger partial charge in [-0.3, -0.25) is 14.5 Å². The molecule has 2 amide bonds. The summed E-state index contributed by atoms with van der Waals surface area (Å²) in [5.74, 6) is -0.402. The van der Waals surface area contributed by atoms with Gasteiger partial charge in [0.05, 0.1) is 6.54 Å². The Bertz CT molecular complexity index is 623. The molecule has 1 aromatic rings. The van der Waals surface area contributed by atoms with E-state index < -0.39 is 0 Å². The van der Waals surface area contributed by atoms with Gasteiger partial charge in [0.2, 0.25) is 11.8 Å². The smallest absolute Gasteiger partial charge is 0.244 e. The second kappa shape index (κ2) is 9.03. The Hall–Kier alpha value is -2.40. The van der Waals surface area contributed by atoms with Crippen molar-refractivity contribution in [2.75, 3.05) is 19.6 Å². The minimum atomic E-state index is -0.302. The third kappa shape index (κ3) is 6.38. The summed E-state index contributed by atoms with van der Waals surface area (Å²) in [6.07, 6.45) is 7.24. The molecule has 1 aliphatic heterocycles. The monoisotopic (exact) mass is 327 g/mol. The van der Waals surface area contributed by atoms with E-state index in [9.17, 15) is 9.59 Å². The zero-order valence-corrected chi connectivity index (χ0v) is 14.1. The molecule has 2 rings (SSSR count). The van der Waals surface area contributed by atoms with E-state index in [1.54, 1.807) is 12.2 Å². The van der Waals surface area contributed by atoms with Crippen LogP contribution in [0, 0.1) is 0 Å². The van der Waals surface area contributed by atoms with Crippen molar-refractivity contribution in [1.82, 2.24) is 10.2 Å². The third-order valence-electron chi connectivity index (χ3n) is 3.87. The Balaban J connectivity index is 1.79. The number of nitrogens with two attached hydrogens (primary N) is 1. The first-order chi connectivity index (χ1) is 11.5. The van der Waals surface area contributed by atoms with Gasteiger partial charge in [0, 0.05) is 25.2 Å². The standard InChI is InChI=1S/C19H25N3O2/c1-15(12-17-8-5-11-22(13-17)14-18(20)23)21-19(24)10-9-16-6-3-2-4-7-16/h2-4,6-10,15H,5,11-14H2,1H3,(H2,20,23)(H,21,24). The van der Waals surface area contributed by atoms with E-state index in [0.717, 1.165) is 31.5 Å². The highest BCUT2D eigenvalue weighted by Crippen LogP contribution is 2.14. The second-order valence-electron chi connectivity index (χ2n) is 6.19. The van der Waals surface area contributed by atoms with Crippen LogP contribution in [0.1, 0.15) is 25.3 Å². The van der Waals surface area contributed by atoms with Gasteiger partial charge in [-0.05, 0) is 31.4 Å². The molecule has 0 bridgehead atoms. The summed E-state index contributed by atoms with van der Waals surface area (Å²) in [5.41, 5.74) is 7.49. The minimum absolute atomic E-state index is 0.0395. The highest BCUT2D eigenvalue weighted by molar-refractivity contribution is 5.91. The molecular formula is C19H25N3O2.